The molecule has 286 valence electrons. The van der Waals surface area contributed by atoms with Gasteiger partial charge in [-0.3, -0.25) is 4.57 Å². The molecule has 6 aromatic rings. The van der Waals surface area contributed by atoms with Crippen molar-refractivity contribution < 1.29 is 59.7 Å². The molecule has 1 aliphatic rings. The summed E-state index contributed by atoms with van der Waals surface area (Å²) in [6.07, 6.45) is -1.42. The highest BCUT2D eigenvalue weighted by molar-refractivity contribution is 5.88. The minimum absolute atomic E-state index is 0.218. The van der Waals surface area contributed by atoms with Gasteiger partial charge < -0.3 is 46.2 Å². The Bertz CT molecular complexity index is 1910. The van der Waals surface area contributed by atoms with Crippen LogP contribution in [0.2, 0.25) is 0 Å². The van der Waals surface area contributed by atoms with Gasteiger partial charge in [0.2, 0.25) is 0 Å². The predicted molar refractivity (Wildman–Crippen MR) is 196 cm³/mol. The molecule has 0 saturated carbocycles. The van der Waals surface area contributed by atoms with E-state index in [2.05, 4.69) is 15.0 Å². The van der Waals surface area contributed by atoms with Gasteiger partial charge in [0.1, 0.15) is 30.2 Å². The van der Waals surface area contributed by atoms with Gasteiger partial charge in [0.25, 0.3) is 0 Å². The van der Waals surface area contributed by atoms with Crippen LogP contribution in [0.3, 0.4) is 0 Å². The van der Waals surface area contributed by atoms with Crippen LogP contribution in [-0.4, -0.2) is 104 Å². The molecule has 0 spiro atoms. The fraction of sp³-hybridized carbons (Fsp3) is 0.132. The third kappa shape index (κ3) is 12.8. The maximum Gasteiger partial charge on any atom is 0.335 e. The molecule has 0 radical (unpaired) electrons. The molecule has 4 atom stereocenters. The molecule has 1 saturated heterocycles. The number of anilines is 1. The largest absolute Gasteiger partial charge is 0.478 e. The second kappa shape index (κ2) is 21.5. The Hall–Kier alpha value is -7.05. The molecule has 3 heterocycles. The van der Waals surface area contributed by atoms with Crippen molar-refractivity contribution in [1.82, 2.24) is 19.5 Å². The number of aliphatic hydroxyl groups excluding tert-OH is 3. The van der Waals surface area contributed by atoms with Gasteiger partial charge in [-0.05, 0) is 48.5 Å². The van der Waals surface area contributed by atoms with Gasteiger partial charge in [-0.25, -0.2) is 34.1 Å². The topological polar surface area (TPSA) is 289 Å². The van der Waals surface area contributed by atoms with Crippen molar-refractivity contribution in [3.05, 3.63) is 156 Å². The number of carbonyl (C=O) groups is 4. The number of hydrogen-bond donors (Lipinski definition) is 8. The first-order valence-electron chi connectivity index (χ1n) is 16.0. The minimum atomic E-state index is -1.19. The molecule has 17 heteroatoms. The Morgan fingerprint density at radius 1 is 0.582 bits per heavy atom. The third-order valence-corrected chi connectivity index (χ3v) is 7.26. The summed E-state index contributed by atoms with van der Waals surface area (Å²) in [5, 5.41) is 62.3. The van der Waals surface area contributed by atoms with Crippen molar-refractivity contribution in [2.45, 2.75) is 24.5 Å². The van der Waals surface area contributed by atoms with E-state index in [0.29, 0.717) is 33.4 Å². The molecule has 1 fully saturated rings. The summed E-state index contributed by atoms with van der Waals surface area (Å²) >= 11 is 0. The molecule has 55 heavy (non-hydrogen) atoms. The molecular formula is C38H37N5O12. The second-order valence-corrected chi connectivity index (χ2v) is 11.0. The number of ether oxygens (including phenoxy) is 1. The van der Waals surface area contributed by atoms with Crippen LogP contribution in [0.1, 0.15) is 47.7 Å². The summed E-state index contributed by atoms with van der Waals surface area (Å²) in [7, 11) is 0. The van der Waals surface area contributed by atoms with E-state index in [1.54, 1.807) is 121 Å². The second-order valence-electron chi connectivity index (χ2n) is 11.0. The van der Waals surface area contributed by atoms with Crippen LogP contribution in [-0.2, 0) is 4.74 Å². The van der Waals surface area contributed by atoms with Gasteiger partial charge >= 0.3 is 23.9 Å². The van der Waals surface area contributed by atoms with Crippen molar-refractivity contribution in [3.8, 4) is 0 Å². The number of aromatic carboxylic acids is 4. The van der Waals surface area contributed by atoms with E-state index in [1.807, 2.05) is 0 Å². The molecule has 0 aliphatic carbocycles. The normalized spacial score (nSPS) is 16.6. The Morgan fingerprint density at radius 2 is 0.945 bits per heavy atom. The first-order chi connectivity index (χ1) is 26.3. The van der Waals surface area contributed by atoms with Crippen LogP contribution in [0.5, 0.6) is 0 Å². The van der Waals surface area contributed by atoms with Gasteiger partial charge in [0.15, 0.2) is 17.7 Å². The lowest BCUT2D eigenvalue weighted by molar-refractivity contribution is -0.0511. The number of carboxylic acid groups (broad SMARTS) is 4. The van der Waals surface area contributed by atoms with Crippen molar-refractivity contribution >= 4 is 40.9 Å². The van der Waals surface area contributed by atoms with Gasteiger partial charge in [-0.2, -0.15) is 0 Å². The summed E-state index contributed by atoms with van der Waals surface area (Å²) in [6, 6.07) is 33.2. The first kappa shape index (κ1) is 42.4. The van der Waals surface area contributed by atoms with E-state index in [0.717, 1.165) is 0 Å². The molecule has 2 aromatic heterocycles. The van der Waals surface area contributed by atoms with Crippen LogP contribution >= 0.6 is 0 Å². The molecule has 17 nitrogen and oxygen atoms in total. The summed E-state index contributed by atoms with van der Waals surface area (Å²) in [4.78, 5) is 52.7. The van der Waals surface area contributed by atoms with E-state index >= 15 is 0 Å². The van der Waals surface area contributed by atoms with Crippen LogP contribution in [0, 0.1) is 0 Å². The summed E-state index contributed by atoms with van der Waals surface area (Å²) < 4.78 is 6.85. The maximum atomic E-state index is 10.2. The SMILES string of the molecule is Nc1ncnc2c1ncn2[C@@H]1O[C@H](CO)[C@@H](O)[C@H]1O.O=C(O)c1ccccc1.O=C(O)c1ccccc1.O=C(O)c1ccccc1.O=C(O)c1ccccc1. The fourth-order valence-corrected chi connectivity index (χ4v) is 4.49. The average molecular weight is 756 g/mol. The van der Waals surface area contributed by atoms with Crippen molar-refractivity contribution in [1.29, 1.82) is 0 Å². The monoisotopic (exact) mass is 755 g/mol. The van der Waals surface area contributed by atoms with Crippen LogP contribution < -0.4 is 5.73 Å². The molecule has 0 amide bonds. The van der Waals surface area contributed by atoms with E-state index in [1.165, 1.54) is 17.2 Å². The zero-order valence-electron chi connectivity index (χ0n) is 28.8. The molecule has 0 unspecified atom stereocenters. The van der Waals surface area contributed by atoms with Gasteiger partial charge in [-0.1, -0.05) is 72.8 Å². The van der Waals surface area contributed by atoms with Crippen LogP contribution in [0.4, 0.5) is 5.82 Å². The number of aromatic nitrogens is 4. The number of hydrogen-bond acceptors (Lipinski definition) is 12. The predicted octanol–water partition coefficient (Wildman–Crippen LogP) is 3.56. The highest BCUT2D eigenvalue weighted by Crippen LogP contribution is 2.31. The molecular weight excluding hydrogens is 718 g/mol. The van der Waals surface area contributed by atoms with Crippen molar-refractivity contribution in [2.24, 2.45) is 0 Å². The van der Waals surface area contributed by atoms with Crippen LogP contribution in [0.25, 0.3) is 11.2 Å². The summed E-state index contributed by atoms with van der Waals surface area (Å²) in [6.45, 7) is -0.390. The Kier molecular flexibility index (Phi) is 16.5. The molecule has 0 bridgehead atoms. The number of rotatable bonds is 6. The Morgan fingerprint density at radius 3 is 1.24 bits per heavy atom. The molecule has 1 aliphatic heterocycles. The lowest BCUT2D eigenvalue weighted by Crippen LogP contribution is -2.33. The maximum absolute atomic E-state index is 10.2. The van der Waals surface area contributed by atoms with Gasteiger partial charge in [0.05, 0.1) is 35.2 Å². The number of aliphatic hydroxyl groups is 3. The van der Waals surface area contributed by atoms with Crippen LogP contribution in [0.15, 0.2) is 134 Å². The number of benzene rings is 4. The third-order valence-electron chi connectivity index (χ3n) is 7.26. The fourth-order valence-electron chi connectivity index (χ4n) is 4.49. The average Bonchev–Trinajstić information content (AvgIpc) is 3.77. The van der Waals surface area contributed by atoms with E-state index in [-0.39, 0.29) is 5.82 Å². The zero-order chi connectivity index (χ0) is 40.3. The zero-order valence-corrected chi connectivity index (χ0v) is 28.8. The highest BCUT2D eigenvalue weighted by atomic mass is 16.6. The lowest BCUT2D eigenvalue weighted by Gasteiger charge is -2.16. The number of carboxylic acids is 4. The lowest BCUT2D eigenvalue weighted by atomic mass is 10.1. The van der Waals surface area contributed by atoms with Crippen molar-refractivity contribution in [3.63, 3.8) is 0 Å². The highest BCUT2D eigenvalue weighted by Gasteiger charge is 2.44. The van der Waals surface area contributed by atoms with Gasteiger partial charge in [0, 0.05) is 0 Å². The van der Waals surface area contributed by atoms with E-state index in [4.69, 9.17) is 36.0 Å². The molecule has 7 rings (SSSR count). The molecule has 4 aromatic carbocycles. The number of nitrogens with two attached hydrogens (primary N) is 1. The van der Waals surface area contributed by atoms with E-state index in [9.17, 15) is 29.4 Å². The molecule has 9 N–H and O–H groups in total. The standard InChI is InChI=1S/C10H13N5O4.4C7H6O2/c11-8-5-9(13-2-12-8)15(3-14-5)10-7(18)6(17)4(1-16)19-10;4*8-7(9)6-4-2-1-3-5-6/h2-4,6-7,10,16-18H,1H2,(H2,11,12,13);4*1-5H,(H,8,9)/t4-,6-,7-,10-;;;;/m1..../s1. The minimum Gasteiger partial charge on any atom is -0.478 e. The Labute approximate surface area is 312 Å². The number of imidazole rings is 1. The first-order valence-corrected chi connectivity index (χ1v) is 16.0. The number of nitrogens with zero attached hydrogens (tertiary/aromatic N) is 4. The van der Waals surface area contributed by atoms with Gasteiger partial charge in [-0.15, -0.1) is 0 Å². The smallest absolute Gasteiger partial charge is 0.335 e. The number of fused-ring (bicyclic) bond motifs is 1. The quantitative estimate of drug-likeness (QED) is 0.121. The number of nitrogen functional groups attached to an aromatic ring is 1. The van der Waals surface area contributed by atoms with Crippen molar-refractivity contribution in [2.75, 3.05) is 12.3 Å². The summed E-state index contributed by atoms with van der Waals surface area (Å²) in [5.74, 6) is -3.30. The van der Waals surface area contributed by atoms with E-state index < -0.39 is 55.0 Å². The Balaban J connectivity index is 0.000000195. The summed E-state index contributed by atoms with van der Waals surface area (Å²) in [5.41, 5.74) is 7.77.